The number of carbonyl (C=O) groups is 1. The Bertz CT molecular complexity index is 385. The Hall–Kier alpha value is -1.69. The number of carboxylic acids is 1. The predicted octanol–water partition coefficient (Wildman–Crippen LogP) is -0.412. The lowest BCUT2D eigenvalue weighted by atomic mass is 10.4. The van der Waals surface area contributed by atoms with Crippen molar-refractivity contribution < 1.29 is 14.6 Å². The average molecular weight is 198 g/mol. The molecule has 1 aromatic heterocycles. The second-order valence-electron chi connectivity index (χ2n) is 2.57. The van der Waals surface area contributed by atoms with Crippen LogP contribution in [0.15, 0.2) is 17.2 Å². The van der Waals surface area contributed by atoms with Crippen LogP contribution in [0.2, 0.25) is 0 Å². The first-order chi connectivity index (χ1) is 6.66. The third kappa shape index (κ3) is 2.17. The molecule has 0 bridgehead atoms. The fraction of sp³-hybridized carbons (Fsp3) is 0.375. The highest BCUT2D eigenvalue weighted by Gasteiger charge is 2.11. The van der Waals surface area contributed by atoms with Crippen molar-refractivity contribution in [1.29, 1.82) is 0 Å². The molecule has 0 unspecified atom stereocenters. The molecule has 6 nitrogen and oxygen atoms in total. The van der Waals surface area contributed by atoms with Crippen LogP contribution in [-0.2, 0) is 11.3 Å². The largest absolute Gasteiger partial charge is 0.476 e. The van der Waals surface area contributed by atoms with Gasteiger partial charge < -0.3 is 14.4 Å². The molecule has 0 atom stereocenters. The molecule has 76 valence electrons. The number of nitrogens with zero attached hydrogens (tertiary/aromatic N) is 2. The minimum absolute atomic E-state index is 0.318. The average Bonchev–Trinajstić information content (AvgIpc) is 2.16. The van der Waals surface area contributed by atoms with Crippen molar-refractivity contribution in [1.82, 2.24) is 9.55 Å². The van der Waals surface area contributed by atoms with Crippen molar-refractivity contribution in [2.45, 2.75) is 6.54 Å². The zero-order chi connectivity index (χ0) is 10.6. The van der Waals surface area contributed by atoms with Gasteiger partial charge in [-0.15, -0.1) is 0 Å². The Balaban J connectivity index is 3.02. The van der Waals surface area contributed by atoms with Crippen LogP contribution in [-0.4, -0.2) is 34.3 Å². The number of ether oxygens (including phenoxy) is 1. The number of hydrogen-bond donors (Lipinski definition) is 1. The van der Waals surface area contributed by atoms with Crippen molar-refractivity contribution >= 4 is 5.97 Å². The molecule has 0 aliphatic carbocycles. The first-order valence-electron chi connectivity index (χ1n) is 3.94. The second kappa shape index (κ2) is 4.52. The summed E-state index contributed by atoms with van der Waals surface area (Å²) in [7, 11) is 1.50. The zero-order valence-electron chi connectivity index (χ0n) is 7.64. The zero-order valence-corrected chi connectivity index (χ0v) is 7.64. The lowest BCUT2D eigenvalue weighted by molar-refractivity contribution is 0.0687. The number of methoxy groups -OCH3 is 1. The molecule has 0 saturated carbocycles. The summed E-state index contributed by atoms with van der Waals surface area (Å²) in [5.41, 5.74) is -1.08. The van der Waals surface area contributed by atoms with E-state index >= 15 is 0 Å². The molecule has 0 saturated heterocycles. The topological polar surface area (TPSA) is 81.4 Å². The summed E-state index contributed by atoms with van der Waals surface area (Å²) in [5.74, 6) is -1.32. The summed E-state index contributed by atoms with van der Waals surface area (Å²) in [4.78, 5) is 25.4. The van der Waals surface area contributed by atoms with Gasteiger partial charge in [-0.3, -0.25) is 4.79 Å². The summed E-state index contributed by atoms with van der Waals surface area (Å²) < 4.78 is 6.02. The van der Waals surface area contributed by atoms with E-state index in [1.165, 1.54) is 24.1 Å². The maximum absolute atomic E-state index is 11.4. The van der Waals surface area contributed by atoms with Crippen molar-refractivity contribution in [3.63, 3.8) is 0 Å². The molecule has 0 aromatic carbocycles. The van der Waals surface area contributed by atoms with E-state index in [-0.39, 0.29) is 0 Å². The Morgan fingerprint density at radius 3 is 3.00 bits per heavy atom. The first kappa shape index (κ1) is 10.4. The quantitative estimate of drug-likeness (QED) is 0.711. The smallest absolute Gasteiger partial charge is 0.360 e. The van der Waals surface area contributed by atoms with Crippen LogP contribution in [0.1, 0.15) is 10.5 Å². The summed E-state index contributed by atoms with van der Waals surface area (Å²) >= 11 is 0. The Labute approximate surface area is 79.8 Å². The van der Waals surface area contributed by atoms with E-state index in [0.717, 1.165) is 0 Å². The number of aromatic nitrogens is 2. The maximum atomic E-state index is 11.4. The second-order valence-corrected chi connectivity index (χ2v) is 2.57. The molecule has 0 aliphatic heterocycles. The standard InChI is InChI=1S/C8H10N2O4/c1-14-5-4-10-3-2-9-6(7(10)11)8(12)13/h2-3H,4-5H2,1H3,(H,12,13). The number of hydrogen-bond acceptors (Lipinski definition) is 4. The van der Waals surface area contributed by atoms with Crippen LogP contribution in [0, 0.1) is 0 Å². The van der Waals surface area contributed by atoms with Crippen LogP contribution in [0.3, 0.4) is 0 Å². The fourth-order valence-corrected chi connectivity index (χ4v) is 0.960. The van der Waals surface area contributed by atoms with Gasteiger partial charge >= 0.3 is 5.97 Å². The molecule has 0 radical (unpaired) electrons. The molecule has 6 heteroatoms. The highest BCUT2D eigenvalue weighted by Crippen LogP contribution is 1.87. The van der Waals surface area contributed by atoms with Gasteiger partial charge in [0.25, 0.3) is 5.56 Å². The summed E-state index contributed by atoms with van der Waals surface area (Å²) in [6.07, 6.45) is 2.70. The van der Waals surface area contributed by atoms with Gasteiger partial charge in [0.2, 0.25) is 5.69 Å². The molecule has 1 N–H and O–H groups in total. The predicted molar refractivity (Wildman–Crippen MR) is 47.3 cm³/mol. The Morgan fingerprint density at radius 2 is 2.43 bits per heavy atom. The van der Waals surface area contributed by atoms with Gasteiger partial charge in [0.05, 0.1) is 6.61 Å². The molecular weight excluding hydrogens is 188 g/mol. The molecule has 14 heavy (non-hydrogen) atoms. The molecule has 0 spiro atoms. The molecule has 1 rings (SSSR count). The van der Waals surface area contributed by atoms with E-state index in [4.69, 9.17) is 9.84 Å². The van der Waals surface area contributed by atoms with Gasteiger partial charge in [0.1, 0.15) is 0 Å². The van der Waals surface area contributed by atoms with E-state index in [1.54, 1.807) is 0 Å². The van der Waals surface area contributed by atoms with Gasteiger partial charge in [0.15, 0.2) is 0 Å². The molecule has 1 aromatic rings. The van der Waals surface area contributed by atoms with Gasteiger partial charge in [0, 0.05) is 26.0 Å². The van der Waals surface area contributed by atoms with E-state index in [2.05, 4.69) is 4.98 Å². The highest BCUT2D eigenvalue weighted by molar-refractivity contribution is 5.84. The van der Waals surface area contributed by atoms with Crippen molar-refractivity contribution in [2.75, 3.05) is 13.7 Å². The highest BCUT2D eigenvalue weighted by atomic mass is 16.5. The summed E-state index contributed by atoms with van der Waals surface area (Å²) in [6.45, 7) is 0.668. The normalized spacial score (nSPS) is 10.1. The molecule has 1 heterocycles. The summed E-state index contributed by atoms with van der Waals surface area (Å²) in [5, 5.41) is 8.61. The van der Waals surface area contributed by atoms with Crippen molar-refractivity contribution in [2.24, 2.45) is 0 Å². The minimum atomic E-state index is -1.32. The molecular formula is C8H10N2O4. The van der Waals surface area contributed by atoms with Crippen LogP contribution in [0.5, 0.6) is 0 Å². The van der Waals surface area contributed by atoms with Crippen molar-refractivity contribution in [3.8, 4) is 0 Å². The first-order valence-corrected chi connectivity index (χ1v) is 3.94. The van der Waals surface area contributed by atoms with E-state index in [9.17, 15) is 9.59 Å². The Morgan fingerprint density at radius 1 is 1.71 bits per heavy atom. The number of aromatic carboxylic acids is 1. The third-order valence-electron chi connectivity index (χ3n) is 1.65. The van der Waals surface area contributed by atoms with Gasteiger partial charge in [-0.2, -0.15) is 0 Å². The Kier molecular flexibility index (Phi) is 3.35. The third-order valence-corrected chi connectivity index (χ3v) is 1.65. The lowest BCUT2D eigenvalue weighted by Crippen LogP contribution is -2.28. The lowest BCUT2D eigenvalue weighted by Gasteiger charge is -2.04. The summed E-state index contributed by atoms with van der Waals surface area (Å²) in [6, 6.07) is 0. The number of rotatable bonds is 4. The van der Waals surface area contributed by atoms with Crippen LogP contribution < -0.4 is 5.56 Å². The van der Waals surface area contributed by atoms with Crippen LogP contribution >= 0.6 is 0 Å². The molecule has 0 aliphatic rings. The van der Waals surface area contributed by atoms with Crippen LogP contribution in [0.25, 0.3) is 0 Å². The SMILES string of the molecule is COCCn1ccnc(C(=O)O)c1=O. The maximum Gasteiger partial charge on any atom is 0.360 e. The molecule has 0 amide bonds. The van der Waals surface area contributed by atoms with E-state index in [0.29, 0.717) is 13.2 Å². The van der Waals surface area contributed by atoms with Gasteiger partial charge in [-0.25, -0.2) is 9.78 Å². The number of carboxylic acid groups (broad SMARTS) is 1. The molecule has 0 fully saturated rings. The monoisotopic (exact) mass is 198 g/mol. The fourth-order valence-electron chi connectivity index (χ4n) is 0.960. The van der Waals surface area contributed by atoms with E-state index in [1.807, 2.05) is 0 Å². The van der Waals surface area contributed by atoms with Gasteiger partial charge in [-0.1, -0.05) is 0 Å². The van der Waals surface area contributed by atoms with Gasteiger partial charge in [-0.05, 0) is 0 Å². The minimum Gasteiger partial charge on any atom is -0.476 e. The van der Waals surface area contributed by atoms with E-state index < -0.39 is 17.2 Å². The van der Waals surface area contributed by atoms with Crippen LogP contribution in [0.4, 0.5) is 0 Å². The van der Waals surface area contributed by atoms with Crippen molar-refractivity contribution in [3.05, 3.63) is 28.4 Å².